The van der Waals surface area contributed by atoms with Gasteiger partial charge in [0.05, 0.1) is 12.8 Å². The fraction of sp³-hybridized carbons (Fsp3) is 0.182. The standard InChI is InChI=1S/C22H21ClN2O3/c1-3-27-21-10-8-16-6-4-5-7-18(16)19(21)13-24-25-22(26)14-28-20-11-9-17(23)12-15(20)2/h4-13H,3,14H2,1-2H3,(H,25,26)/b24-13+. The van der Waals surface area contributed by atoms with Crippen LogP contribution in [0.1, 0.15) is 18.1 Å². The van der Waals surface area contributed by atoms with Crippen LogP contribution < -0.4 is 14.9 Å². The Labute approximate surface area is 168 Å². The molecule has 3 aromatic rings. The smallest absolute Gasteiger partial charge is 0.277 e. The molecule has 0 radical (unpaired) electrons. The van der Waals surface area contributed by atoms with Crippen LogP contribution >= 0.6 is 11.6 Å². The second-order valence-electron chi connectivity index (χ2n) is 6.12. The molecule has 0 fully saturated rings. The van der Waals surface area contributed by atoms with Crippen molar-refractivity contribution in [2.45, 2.75) is 13.8 Å². The number of aryl methyl sites for hydroxylation is 1. The summed E-state index contributed by atoms with van der Waals surface area (Å²) >= 11 is 5.92. The van der Waals surface area contributed by atoms with Gasteiger partial charge in [-0.15, -0.1) is 0 Å². The minimum absolute atomic E-state index is 0.145. The van der Waals surface area contributed by atoms with Crippen molar-refractivity contribution in [3.05, 3.63) is 70.7 Å². The molecule has 6 heteroatoms. The molecule has 0 aromatic heterocycles. The van der Waals surface area contributed by atoms with E-state index in [1.165, 1.54) is 0 Å². The largest absolute Gasteiger partial charge is 0.493 e. The van der Waals surface area contributed by atoms with Gasteiger partial charge in [-0.25, -0.2) is 5.43 Å². The number of halogens is 1. The van der Waals surface area contributed by atoms with E-state index >= 15 is 0 Å². The monoisotopic (exact) mass is 396 g/mol. The van der Waals surface area contributed by atoms with Gasteiger partial charge in [-0.05, 0) is 54.4 Å². The molecule has 144 valence electrons. The van der Waals surface area contributed by atoms with Crippen LogP contribution in [0.4, 0.5) is 0 Å². The normalized spacial score (nSPS) is 11.0. The lowest BCUT2D eigenvalue weighted by atomic mass is 10.0. The predicted molar refractivity (Wildman–Crippen MR) is 113 cm³/mol. The first-order valence-electron chi connectivity index (χ1n) is 8.94. The third kappa shape index (κ3) is 4.81. The topological polar surface area (TPSA) is 59.9 Å². The summed E-state index contributed by atoms with van der Waals surface area (Å²) < 4.78 is 11.2. The Bertz CT molecular complexity index is 1020. The second-order valence-corrected chi connectivity index (χ2v) is 6.56. The first-order valence-corrected chi connectivity index (χ1v) is 9.31. The predicted octanol–water partition coefficient (Wildman–Crippen LogP) is 4.73. The summed E-state index contributed by atoms with van der Waals surface area (Å²) in [6.07, 6.45) is 1.60. The third-order valence-corrected chi connectivity index (χ3v) is 4.34. The molecule has 0 spiro atoms. The maximum absolute atomic E-state index is 12.1. The van der Waals surface area contributed by atoms with E-state index in [4.69, 9.17) is 21.1 Å². The molecule has 3 aromatic carbocycles. The fourth-order valence-electron chi connectivity index (χ4n) is 2.81. The summed E-state index contributed by atoms with van der Waals surface area (Å²) in [4.78, 5) is 12.1. The van der Waals surface area contributed by atoms with Gasteiger partial charge in [0.2, 0.25) is 0 Å². The number of carbonyl (C=O) groups is 1. The number of fused-ring (bicyclic) bond motifs is 1. The van der Waals surface area contributed by atoms with Crippen molar-refractivity contribution in [3.8, 4) is 11.5 Å². The van der Waals surface area contributed by atoms with Gasteiger partial charge in [0.25, 0.3) is 5.91 Å². The van der Waals surface area contributed by atoms with Gasteiger partial charge in [0.15, 0.2) is 6.61 Å². The van der Waals surface area contributed by atoms with Crippen LogP contribution in [0.2, 0.25) is 5.02 Å². The Kier molecular flexibility index (Phi) is 6.50. The van der Waals surface area contributed by atoms with E-state index in [1.54, 1.807) is 24.4 Å². The average Bonchev–Trinajstić information content (AvgIpc) is 2.69. The molecule has 1 amide bonds. The fourth-order valence-corrected chi connectivity index (χ4v) is 3.04. The molecular weight excluding hydrogens is 376 g/mol. The molecule has 5 nitrogen and oxygen atoms in total. The van der Waals surface area contributed by atoms with Crippen molar-refractivity contribution in [2.24, 2.45) is 5.10 Å². The van der Waals surface area contributed by atoms with Crippen LogP contribution in [0.15, 0.2) is 59.7 Å². The highest BCUT2D eigenvalue weighted by molar-refractivity contribution is 6.30. The molecular formula is C22H21ClN2O3. The molecule has 28 heavy (non-hydrogen) atoms. The van der Waals surface area contributed by atoms with Crippen LogP contribution in [-0.4, -0.2) is 25.3 Å². The Hall–Kier alpha value is -3.05. The minimum Gasteiger partial charge on any atom is -0.493 e. The van der Waals surface area contributed by atoms with Crippen molar-refractivity contribution in [1.29, 1.82) is 0 Å². The zero-order valence-corrected chi connectivity index (χ0v) is 16.5. The SMILES string of the molecule is CCOc1ccc2ccccc2c1/C=N/NC(=O)COc1ccc(Cl)cc1C. The highest BCUT2D eigenvalue weighted by Gasteiger charge is 2.08. The average molecular weight is 397 g/mol. The molecule has 0 saturated carbocycles. The number of hydrazone groups is 1. The molecule has 0 unspecified atom stereocenters. The number of nitrogens with one attached hydrogen (secondary N) is 1. The zero-order chi connectivity index (χ0) is 19.9. The molecule has 0 bridgehead atoms. The van der Waals surface area contributed by atoms with Crippen LogP contribution in [-0.2, 0) is 4.79 Å². The first kappa shape index (κ1) is 19.7. The number of hydrogen-bond acceptors (Lipinski definition) is 4. The lowest BCUT2D eigenvalue weighted by molar-refractivity contribution is -0.123. The number of amides is 1. The molecule has 1 N–H and O–H groups in total. The van der Waals surface area contributed by atoms with Gasteiger partial charge < -0.3 is 9.47 Å². The number of hydrogen-bond donors (Lipinski definition) is 1. The lowest BCUT2D eigenvalue weighted by Crippen LogP contribution is -2.24. The highest BCUT2D eigenvalue weighted by atomic mass is 35.5. The summed E-state index contributed by atoms with van der Waals surface area (Å²) in [5.41, 5.74) is 4.17. The highest BCUT2D eigenvalue weighted by Crippen LogP contribution is 2.26. The molecule has 0 saturated heterocycles. The van der Waals surface area contributed by atoms with Crippen LogP contribution in [0, 0.1) is 6.92 Å². The van der Waals surface area contributed by atoms with Crippen LogP contribution in [0.3, 0.4) is 0 Å². The summed E-state index contributed by atoms with van der Waals surface area (Å²) in [5, 5.41) is 6.77. The van der Waals surface area contributed by atoms with Crippen molar-refractivity contribution in [2.75, 3.05) is 13.2 Å². The van der Waals surface area contributed by atoms with Gasteiger partial charge in [-0.1, -0.05) is 41.9 Å². The quantitative estimate of drug-likeness (QED) is 0.464. The molecule has 0 aliphatic rings. The third-order valence-electron chi connectivity index (χ3n) is 4.11. The first-order chi connectivity index (χ1) is 13.6. The molecule has 0 aliphatic carbocycles. The van der Waals surface area contributed by atoms with Gasteiger partial charge in [-0.2, -0.15) is 5.10 Å². The molecule has 0 heterocycles. The molecule has 0 aliphatic heterocycles. The minimum atomic E-state index is -0.358. The summed E-state index contributed by atoms with van der Waals surface area (Å²) in [7, 11) is 0. The van der Waals surface area contributed by atoms with Crippen molar-refractivity contribution >= 4 is 34.5 Å². The number of rotatable bonds is 7. The lowest BCUT2D eigenvalue weighted by Gasteiger charge is -2.10. The zero-order valence-electron chi connectivity index (χ0n) is 15.7. The van der Waals surface area contributed by atoms with Gasteiger partial charge >= 0.3 is 0 Å². The number of nitrogens with zero attached hydrogens (tertiary/aromatic N) is 1. The maximum atomic E-state index is 12.1. The van der Waals surface area contributed by atoms with E-state index < -0.39 is 0 Å². The van der Waals surface area contributed by atoms with E-state index in [0.29, 0.717) is 23.1 Å². The molecule has 3 rings (SSSR count). The van der Waals surface area contributed by atoms with Crippen molar-refractivity contribution < 1.29 is 14.3 Å². The van der Waals surface area contributed by atoms with Crippen LogP contribution in [0.5, 0.6) is 11.5 Å². The Morgan fingerprint density at radius 2 is 1.89 bits per heavy atom. The number of carbonyl (C=O) groups excluding carboxylic acids is 1. The van der Waals surface area contributed by atoms with E-state index in [-0.39, 0.29) is 12.5 Å². The molecule has 0 atom stereocenters. The van der Waals surface area contributed by atoms with E-state index in [2.05, 4.69) is 10.5 Å². The Balaban J connectivity index is 1.68. The van der Waals surface area contributed by atoms with E-state index in [0.717, 1.165) is 21.9 Å². The summed E-state index contributed by atoms with van der Waals surface area (Å²) in [6.45, 7) is 4.19. The van der Waals surface area contributed by atoms with Crippen molar-refractivity contribution in [3.63, 3.8) is 0 Å². The number of ether oxygens (including phenoxy) is 2. The van der Waals surface area contributed by atoms with Crippen molar-refractivity contribution in [1.82, 2.24) is 5.43 Å². The van der Waals surface area contributed by atoms with E-state index in [1.807, 2.05) is 50.2 Å². The van der Waals surface area contributed by atoms with Gasteiger partial charge in [-0.3, -0.25) is 4.79 Å². The maximum Gasteiger partial charge on any atom is 0.277 e. The number of benzene rings is 3. The summed E-state index contributed by atoms with van der Waals surface area (Å²) in [5.74, 6) is 0.965. The van der Waals surface area contributed by atoms with E-state index in [9.17, 15) is 4.79 Å². The van der Waals surface area contributed by atoms with Gasteiger partial charge in [0.1, 0.15) is 11.5 Å². The Morgan fingerprint density at radius 1 is 1.11 bits per heavy atom. The van der Waals surface area contributed by atoms with Crippen LogP contribution in [0.25, 0.3) is 10.8 Å². The second kappa shape index (κ2) is 9.24. The van der Waals surface area contributed by atoms with Gasteiger partial charge in [0, 0.05) is 10.6 Å². The summed E-state index contributed by atoms with van der Waals surface area (Å²) in [6, 6.07) is 17.1. The Morgan fingerprint density at radius 3 is 2.68 bits per heavy atom.